The van der Waals surface area contributed by atoms with Crippen molar-refractivity contribution in [1.82, 2.24) is 0 Å². The molecule has 4 N–H and O–H groups in total. The Balaban J connectivity index is 1.53. The van der Waals surface area contributed by atoms with Crippen LogP contribution >= 0.6 is 0 Å². The number of aromatic hydroxyl groups is 4. The zero-order valence-electron chi connectivity index (χ0n) is 33.0. The van der Waals surface area contributed by atoms with Gasteiger partial charge in [-0.25, -0.2) is 9.59 Å². The van der Waals surface area contributed by atoms with E-state index >= 15 is 0 Å². The molecule has 0 bridgehead atoms. The Hall–Kier alpha value is -7.62. The van der Waals surface area contributed by atoms with Gasteiger partial charge in [-0.2, -0.15) is 0 Å². The first-order chi connectivity index (χ1) is 28.7. The first kappa shape index (κ1) is 40.6. The minimum Gasteiger partial charge on any atom is -0.508 e. The summed E-state index contributed by atoms with van der Waals surface area (Å²) in [5, 5.41) is 43.9. The minimum atomic E-state index is -1.10. The second kappa shape index (κ2) is 16.0. The quantitative estimate of drug-likeness (QED) is 0.0420. The molecule has 16 nitrogen and oxygen atoms in total. The van der Waals surface area contributed by atoms with Gasteiger partial charge in [-0.1, -0.05) is 0 Å². The Bertz CT molecular complexity index is 2710. The predicted molar refractivity (Wildman–Crippen MR) is 218 cm³/mol. The van der Waals surface area contributed by atoms with Crippen molar-refractivity contribution in [1.29, 1.82) is 0 Å². The third-order valence-corrected chi connectivity index (χ3v) is 10.1. The van der Waals surface area contributed by atoms with Gasteiger partial charge in [0.25, 0.3) is 0 Å². The van der Waals surface area contributed by atoms with Gasteiger partial charge >= 0.3 is 12.3 Å². The molecule has 0 saturated heterocycles. The van der Waals surface area contributed by atoms with Gasteiger partial charge in [0.2, 0.25) is 0 Å². The Morgan fingerprint density at radius 3 is 1.17 bits per heavy atom. The molecule has 0 aromatic heterocycles. The highest BCUT2D eigenvalue weighted by Gasteiger charge is 2.34. The molecule has 0 spiro atoms. The largest absolute Gasteiger partial charge is 0.514 e. The topological polar surface area (TPSA) is 223 Å². The van der Waals surface area contributed by atoms with Gasteiger partial charge in [0.05, 0.1) is 39.2 Å². The Labute approximate surface area is 339 Å². The fraction of sp³-hybridized carbons (Fsp3) is 0.227. The Kier molecular flexibility index (Phi) is 10.8. The maximum absolute atomic E-state index is 14.0. The van der Waals surface area contributed by atoms with Gasteiger partial charge in [0.1, 0.15) is 46.7 Å². The number of carbonyl (C=O) groups is 2. The predicted octanol–water partition coefficient (Wildman–Crippen LogP) is 7.05. The lowest BCUT2D eigenvalue weighted by Crippen LogP contribution is -2.21. The van der Waals surface area contributed by atoms with Crippen LogP contribution in [0.5, 0.6) is 57.5 Å². The van der Waals surface area contributed by atoms with Crippen LogP contribution in [0.25, 0.3) is 43.1 Å². The fourth-order valence-corrected chi connectivity index (χ4v) is 7.74. The van der Waals surface area contributed by atoms with E-state index in [2.05, 4.69) is 0 Å². The lowest BCUT2D eigenvalue weighted by Gasteiger charge is -2.26. The van der Waals surface area contributed by atoms with E-state index in [1.54, 1.807) is 13.8 Å². The molecular formula is C44H38O16. The lowest BCUT2D eigenvalue weighted by molar-refractivity contribution is 0.0646. The summed E-state index contributed by atoms with van der Waals surface area (Å²) in [4.78, 5) is 54.1. The maximum atomic E-state index is 14.0. The molecule has 0 unspecified atom stereocenters. The van der Waals surface area contributed by atoms with Crippen LogP contribution < -0.4 is 39.3 Å². The summed E-state index contributed by atoms with van der Waals surface area (Å²) in [5.41, 5.74) is -0.928. The molecule has 0 amide bonds. The molecule has 60 heavy (non-hydrogen) atoms. The first-order valence-corrected chi connectivity index (χ1v) is 18.3. The number of hydrogen-bond donors (Lipinski definition) is 4. The van der Waals surface area contributed by atoms with Gasteiger partial charge in [0, 0.05) is 57.6 Å². The van der Waals surface area contributed by atoms with Crippen molar-refractivity contribution in [2.75, 3.05) is 28.4 Å². The van der Waals surface area contributed by atoms with Crippen LogP contribution in [0.2, 0.25) is 0 Å². The maximum Gasteiger partial charge on any atom is 0.514 e. The minimum absolute atomic E-state index is 0.0421. The molecule has 7 aromatic rings. The SMILES string of the molecule is COc1c(O)c2c(=O)cc(OC)c3c4c(OC)cc(=O)c5c(O)c(OC)c(C[C@@H](C)OC(=O)Oc6ccc(O)cc6)c(c(c1C[C@@H](C)OC(=O)Oc1ccc(O)cc1)c23)c54. The van der Waals surface area contributed by atoms with Crippen LogP contribution in [0.15, 0.2) is 70.3 Å². The summed E-state index contributed by atoms with van der Waals surface area (Å²) in [6, 6.07) is 13.1. The van der Waals surface area contributed by atoms with Crippen molar-refractivity contribution in [3.8, 4) is 57.5 Å². The number of carbonyl (C=O) groups excluding carboxylic acids is 2. The number of rotatable bonds is 12. The standard InChI is InChI=1S/C44H38O16/c1-19(57-43(51)59-23-11-7-21(45)8-12-23)15-25-31-32-26(16-20(2)58-44(52)60-24-13-9-22(46)10-14-24)42(56-6)40(50)34-28(48)18-30(54-4)36(38(32)34)35-29(53-3)17-27(47)33(37(31)35)39(49)41(25)55-5/h7-14,17-20,45-46,49-50H,15-16H2,1-6H3/t19-,20-/m1/s1. The summed E-state index contributed by atoms with van der Waals surface area (Å²) in [5.74, 6) is -1.26. The first-order valence-electron chi connectivity index (χ1n) is 18.3. The van der Waals surface area contributed by atoms with Crippen LogP contribution in [0, 0.1) is 0 Å². The van der Waals surface area contributed by atoms with Crippen molar-refractivity contribution < 1.29 is 67.9 Å². The van der Waals surface area contributed by atoms with Crippen LogP contribution in [0.3, 0.4) is 0 Å². The fourth-order valence-electron chi connectivity index (χ4n) is 7.74. The van der Waals surface area contributed by atoms with Gasteiger partial charge in [0.15, 0.2) is 33.9 Å². The number of ether oxygens (including phenoxy) is 8. The Morgan fingerprint density at radius 1 is 0.500 bits per heavy atom. The summed E-state index contributed by atoms with van der Waals surface area (Å²) >= 11 is 0. The van der Waals surface area contributed by atoms with E-state index in [1.807, 2.05) is 0 Å². The van der Waals surface area contributed by atoms with Gasteiger partial charge in [-0.05, 0) is 73.2 Å². The zero-order chi connectivity index (χ0) is 43.2. The third-order valence-electron chi connectivity index (χ3n) is 10.1. The van der Waals surface area contributed by atoms with Crippen molar-refractivity contribution in [2.24, 2.45) is 0 Å². The molecule has 0 fully saturated rings. The average Bonchev–Trinajstić information content (AvgIpc) is 3.20. The normalized spacial score (nSPS) is 12.4. The number of hydrogen-bond acceptors (Lipinski definition) is 16. The highest BCUT2D eigenvalue weighted by molar-refractivity contribution is 6.38. The van der Waals surface area contributed by atoms with Crippen LogP contribution in [-0.2, 0) is 22.3 Å². The molecule has 7 aromatic carbocycles. The van der Waals surface area contributed by atoms with E-state index in [9.17, 15) is 39.6 Å². The molecular weight excluding hydrogens is 784 g/mol. The third kappa shape index (κ3) is 7.01. The van der Waals surface area contributed by atoms with E-state index in [4.69, 9.17) is 37.9 Å². The number of benzene rings is 7. The highest BCUT2D eigenvalue weighted by atomic mass is 16.7. The average molecular weight is 823 g/mol. The molecule has 310 valence electrons. The number of methoxy groups -OCH3 is 4. The van der Waals surface area contributed by atoms with E-state index < -0.39 is 46.9 Å². The summed E-state index contributed by atoms with van der Waals surface area (Å²) in [6.07, 6.45) is -4.63. The molecule has 16 heteroatoms. The smallest absolute Gasteiger partial charge is 0.508 e. The van der Waals surface area contributed by atoms with Crippen molar-refractivity contribution in [2.45, 2.75) is 38.9 Å². The number of fused-ring (bicyclic) bond motifs is 2. The molecule has 0 aliphatic heterocycles. The summed E-state index contributed by atoms with van der Waals surface area (Å²) in [7, 11) is 5.22. The van der Waals surface area contributed by atoms with Crippen molar-refractivity contribution >= 4 is 55.4 Å². The van der Waals surface area contributed by atoms with E-state index in [-0.39, 0.29) is 113 Å². The van der Waals surface area contributed by atoms with Crippen LogP contribution in [0.1, 0.15) is 25.0 Å². The summed E-state index contributed by atoms with van der Waals surface area (Å²) < 4.78 is 45.1. The second-order valence-corrected chi connectivity index (χ2v) is 13.8. The number of phenols is 4. The van der Waals surface area contributed by atoms with E-state index in [0.717, 1.165) is 0 Å². The molecule has 0 heterocycles. The van der Waals surface area contributed by atoms with Gasteiger partial charge in [-0.15, -0.1) is 0 Å². The molecule has 2 atom stereocenters. The van der Waals surface area contributed by atoms with Crippen LogP contribution in [0.4, 0.5) is 9.59 Å². The molecule has 0 saturated carbocycles. The molecule has 0 radical (unpaired) electrons. The van der Waals surface area contributed by atoms with Gasteiger partial charge in [-0.3, -0.25) is 9.59 Å². The van der Waals surface area contributed by atoms with Crippen molar-refractivity contribution in [3.05, 3.63) is 92.2 Å². The Morgan fingerprint density at radius 2 is 0.850 bits per heavy atom. The molecule has 0 aliphatic rings. The van der Waals surface area contributed by atoms with Crippen LogP contribution in [-0.4, -0.2) is 73.4 Å². The van der Waals surface area contributed by atoms with Crippen molar-refractivity contribution in [3.63, 3.8) is 0 Å². The second-order valence-electron chi connectivity index (χ2n) is 13.8. The lowest BCUT2D eigenvalue weighted by atomic mass is 9.81. The van der Waals surface area contributed by atoms with Gasteiger partial charge < -0.3 is 58.3 Å². The van der Waals surface area contributed by atoms with E-state index in [1.165, 1.54) is 89.1 Å². The molecule has 7 rings (SSSR count). The molecule has 0 aliphatic carbocycles. The highest BCUT2D eigenvalue weighted by Crippen LogP contribution is 2.55. The van der Waals surface area contributed by atoms with E-state index in [0.29, 0.717) is 0 Å². The monoisotopic (exact) mass is 822 g/mol. The number of phenolic OH excluding ortho intramolecular Hbond substituents is 4. The zero-order valence-corrected chi connectivity index (χ0v) is 33.0. The summed E-state index contributed by atoms with van der Waals surface area (Å²) in [6.45, 7) is 3.10.